The van der Waals surface area contributed by atoms with Crippen LogP contribution in [0, 0.1) is 6.92 Å². The summed E-state index contributed by atoms with van der Waals surface area (Å²) in [4.78, 5) is 11.5. The molecule has 22 heavy (non-hydrogen) atoms. The first-order valence-corrected chi connectivity index (χ1v) is 7.17. The Hall–Kier alpha value is -2.75. The van der Waals surface area contributed by atoms with Gasteiger partial charge in [-0.25, -0.2) is 4.79 Å². The van der Waals surface area contributed by atoms with Crippen LogP contribution in [0.1, 0.15) is 16.1 Å². The van der Waals surface area contributed by atoms with Gasteiger partial charge in [0.05, 0.1) is 6.54 Å². The molecule has 0 radical (unpaired) electrons. The van der Waals surface area contributed by atoms with Crippen molar-refractivity contribution in [1.29, 1.82) is 0 Å². The molecule has 3 aromatic rings. The summed E-state index contributed by atoms with van der Waals surface area (Å²) in [6.07, 6.45) is 0. The molecular formula is C18H17NO3. The van der Waals surface area contributed by atoms with Crippen molar-refractivity contribution in [3.63, 3.8) is 0 Å². The van der Waals surface area contributed by atoms with Gasteiger partial charge in [0.2, 0.25) is 0 Å². The van der Waals surface area contributed by atoms with E-state index in [4.69, 9.17) is 4.74 Å². The fraction of sp³-hybridized carbons (Fsp3) is 0.167. The van der Waals surface area contributed by atoms with Crippen molar-refractivity contribution in [2.75, 3.05) is 6.61 Å². The van der Waals surface area contributed by atoms with Crippen LogP contribution in [-0.4, -0.2) is 22.2 Å². The maximum atomic E-state index is 11.5. The third-order valence-electron chi connectivity index (χ3n) is 3.71. The minimum Gasteiger partial charge on any atom is -0.492 e. The van der Waals surface area contributed by atoms with E-state index in [0.29, 0.717) is 18.8 Å². The molecule has 3 rings (SSSR count). The Morgan fingerprint density at radius 3 is 2.64 bits per heavy atom. The third kappa shape index (κ3) is 2.68. The Labute approximate surface area is 128 Å². The lowest BCUT2D eigenvalue weighted by Crippen LogP contribution is -2.13. The van der Waals surface area contributed by atoms with E-state index in [2.05, 4.69) is 0 Å². The summed E-state index contributed by atoms with van der Waals surface area (Å²) < 4.78 is 7.48. The zero-order valence-electron chi connectivity index (χ0n) is 12.3. The van der Waals surface area contributed by atoms with Gasteiger partial charge in [0.1, 0.15) is 18.1 Å². The van der Waals surface area contributed by atoms with Gasteiger partial charge < -0.3 is 14.4 Å². The molecule has 0 spiro atoms. The van der Waals surface area contributed by atoms with Gasteiger partial charge in [-0.3, -0.25) is 0 Å². The number of aromatic carboxylic acids is 1. The summed E-state index contributed by atoms with van der Waals surface area (Å²) in [5.74, 6) is -0.137. The summed E-state index contributed by atoms with van der Waals surface area (Å²) in [6.45, 7) is 2.89. The van der Waals surface area contributed by atoms with Crippen molar-refractivity contribution in [1.82, 2.24) is 4.57 Å². The number of ether oxygens (including phenoxy) is 1. The number of benzene rings is 2. The average Bonchev–Trinajstić information content (AvgIpc) is 2.89. The van der Waals surface area contributed by atoms with Crippen LogP contribution in [0.2, 0.25) is 0 Å². The minimum atomic E-state index is -0.921. The highest BCUT2D eigenvalue weighted by molar-refractivity contribution is 5.95. The fourth-order valence-corrected chi connectivity index (χ4v) is 2.62. The van der Waals surface area contributed by atoms with E-state index in [-0.39, 0.29) is 0 Å². The number of hydrogen-bond acceptors (Lipinski definition) is 2. The zero-order chi connectivity index (χ0) is 15.5. The van der Waals surface area contributed by atoms with Crippen LogP contribution in [0.15, 0.2) is 54.6 Å². The monoisotopic (exact) mass is 295 g/mol. The standard InChI is InChI=1S/C18H17NO3/c1-13-6-5-9-16-15(13)12-17(18(20)21)19(16)10-11-22-14-7-3-2-4-8-14/h2-9,12H,10-11H2,1H3,(H,20,21). The van der Waals surface area contributed by atoms with Gasteiger partial charge in [0, 0.05) is 10.9 Å². The topological polar surface area (TPSA) is 51.5 Å². The average molecular weight is 295 g/mol. The van der Waals surface area contributed by atoms with Crippen molar-refractivity contribution in [2.24, 2.45) is 0 Å². The number of rotatable bonds is 5. The van der Waals surface area contributed by atoms with E-state index >= 15 is 0 Å². The lowest BCUT2D eigenvalue weighted by molar-refractivity contribution is 0.0685. The van der Waals surface area contributed by atoms with Gasteiger partial charge in [-0.1, -0.05) is 30.3 Å². The molecule has 4 heteroatoms. The number of carbonyl (C=O) groups is 1. The van der Waals surface area contributed by atoms with Crippen molar-refractivity contribution < 1.29 is 14.6 Å². The summed E-state index contributed by atoms with van der Waals surface area (Å²) in [5.41, 5.74) is 2.29. The highest BCUT2D eigenvalue weighted by Crippen LogP contribution is 2.23. The molecule has 0 amide bonds. The number of carboxylic acids is 1. The normalized spacial score (nSPS) is 10.8. The first-order chi connectivity index (χ1) is 10.7. The molecule has 0 atom stereocenters. The number of carboxylic acid groups (broad SMARTS) is 1. The summed E-state index contributed by atoms with van der Waals surface area (Å²) >= 11 is 0. The van der Waals surface area contributed by atoms with E-state index in [0.717, 1.165) is 22.2 Å². The molecular weight excluding hydrogens is 278 g/mol. The third-order valence-corrected chi connectivity index (χ3v) is 3.71. The molecule has 1 N–H and O–H groups in total. The predicted molar refractivity (Wildman–Crippen MR) is 85.6 cm³/mol. The van der Waals surface area contributed by atoms with Gasteiger partial charge in [-0.15, -0.1) is 0 Å². The summed E-state index contributed by atoms with van der Waals surface area (Å²) in [6, 6.07) is 17.1. The number of fused-ring (bicyclic) bond motifs is 1. The molecule has 0 aliphatic rings. The van der Waals surface area contributed by atoms with E-state index in [1.54, 1.807) is 10.6 Å². The minimum absolute atomic E-state index is 0.293. The highest BCUT2D eigenvalue weighted by Gasteiger charge is 2.15. The molecule has 0 bridgehead atoms. The Bertz CT molecular complexity index is 806. The van der Waals surface area contributed by atoms with Gasteiger partial charge in [-0.05, 0) is 36.8 Å². The number of aryl methyl sites for hydroxylation is 1. The van der Waals surface area contributed by atoms with Crippen LogP contribution >= 0.6 is 0 Å². The Kier molecular flexibility index (Phi) is 3.83. The second-order valence-electron chi connectivity index (χ2n) is 5.16. The van der Waals surface area contributed by atoms with Gasteiger partial charge >= 0.3 is 5.97 Å². The quantitative estimate of drug-likeness (QED) is 0.780. The van der Waals surface area contributed by atoms with Crippen LogP contribution in [0.25, 0.3) is 10.9 Å². The smallest absolute Gasteiger partial charge is 0.352 e. The van der Waals surface area contributed by atoms with E-state index in [1.165, 1.54) is 0 Å². The van der Waals surface area contributed by atoms with Crippen LogP contribution in [0.3, 0.4) is 0 Å². The summed E-state index contributed by atoms with van der Waals surface area (Å²) in [7, 11) is 0. The van der Waals surface area contributed by atoms with E-state index < -0.39 is 5.97 Å². The SMILES string of the molecule is Cc1cccc2c1cc(C(=O)O)n2CCOc1ccccc1. The van der Waals surface area contributed by atoms with Crippen LogP contribution in [0.5, 0.6) is 5.75 Å². The second kappa shape index (κ2) is 5.93. The van der Waals surface area contributed by atoms with Gasteiger partial charge in [0.15, 0.2) is 0 Å². The molecule has 4 nitrogen and oxygen atoms in total. The van der Waals surface area contributed by atoms with Crippen molar-refractivity contribution in [2.45, 2.75) is 13.5 Å². The number of nitrogens with zero attached hydrogens (tertiary/aromatic N) is 1. The maximum Gasteiger partial charge on any atom is 0.352 e. The lowest BCUT2D eigenvalue weighted by Gasteiger charge is -2.10. The Morgan fingerprint density at radius 2 is 1.91 bits per heavy atom. The molecule has 1 aromatic heterocycles. The van der Waals surface area contributed by atoms with Crippen LogP contribution in [-0.2, 0) is 6.54 Å². The zero-order valence-corrected chi connectivity index (χ0v) is 12.3. The number of hydrogen-bond donors (Lipinski definition) is 1. The molecule has 1 heterocycles. The maximum absolute atomic E-state index is 11.5. The summed E-state index contributed by atoms with van der Waals surface area (Å²) in [5, 5.41) is 10.4. The molecule has 112 valence electrons. The second-order valence-corrected chi connectivity index (χ2v) is 5.16. The fourth-order valence-electron chi connectivity index (χ4n) is 2.62. The van der Waals surface area contributed by atoms with E-state index in [9.17, 15) is 9.90 Å². The first-order valence-electron chi connectivity index (χ1n) is 7.17. The molecule has 0 aliphatic heterocycles. The van der Waals surface area contributed by atoms with E-state index in [1.807, 2.05) is 55.5 Å². The molecule has 0 saturated carbocycles. The predicted octanol–water partition coefficient (Wildman–Crippen LogP) is 3.73. The van der Waals surface area contributed by atoms with Crippen molar-refractivity contribution in [3.8, 4) is 5.75 Å². The molecule has 0 unspecified atom stereocenters. The Morgan fingerprint density at radius 1 is 1.14 bits per heavy atom. The van der Waals surface area contributed by atoms with Crippen molar-refractivity contribution in [3.05, 3.63) is 65.9 Å². The molecule has 0 fully saturated rings. The number of para-hydroxylation sites is 1. The molecule has 0 aliphatic carbocycles. The van der Waals surface area contributed by atoms with Crippen LogP contribution < -0.4 is 4.74 Å². The van der Waals surface area contributed by atoms with Gasteiger partial charge in [-0.2, -0.15) is 0 Å². The highest BCUT2D eigenvalue weighted by atomic mass is 16.5. The lowest BCUT2D eigenvalue weighted by atomic mass is 10.1. The largest absolute Gasteiger partial charge is 0.492 e. The number of aromatic nitrogens is 1. The Balaban J connectivity index is 1.87. The molecule has 2 aromatic carbocycles. The first kappa shape index (κ1) is 14.2. The van der Waals surface area contributed by atoms with Gasteiger partial charge in [0.25, 0.3) is 0 Å². The van der Waals surface area contributed by atoms with Crippen LogP contribution in [0.4, 0.5) is 0 Å². The molecule has 0 saturated heterocycles. The van der Waals surface area contributed by atoms with Crippen molar-refractivity contribution >= 4 is 16.9 Å².